The smallest absolute Gasteiger partial charge is 0.323 e. The molecule has 0 aromatic heterocycles. The first kappa shape index (κ1) is 11.2. The SMILES string of the molecule is C=CCOC(=O)[C@H](N)[C@@H](C)CC. The number of nitrogens with two attached hydrogens (primary N) is 1. The maximum absolute atomic E-state index is 11.1. The Kier molecular flexibility index (Phi) is 5.37. The van der Waals surface area contributed by atoms with E-state index in [0.29, 0.717) is 0 Å². The lowest BCUT2D eigenvalue weighted by Crippen LogP contribution is -2.38. The van der Waals surface area contributed by atoms with E-state index in [1.54, 1.807) is 0 Å². The normalized spacial score (nSPS) is 14.9. The van der Waals surface area contributed by atoms with E-state index in [0.717, 1.165) is 6.42 Å². The summed E-state index contributed by atoms with van der Waals surface area (Å²) in [4.78, 5) is 11.1. The molecule has 0 saturated heterocycles. The first-order chi connectivity index (χ1) is 5.63. The molecule has 0 heterocycles. The number of hydrogen-bond donors (Lipinski definition) is 1. The lowest BCUT2D eigenvalue weighted by Gasteiger charge is -2.15. The summed E-state index contributed by atoms with van der Waals surface area (Å²) in [6.07, 6.45) is 2.41. The van der Waals surface area contributed by atoms with E-state index in [2.05, 4.69) is 6.58 Å². The molecule has 0 fully saturated rings. The Labute approximate surface area is 73.6 Å². The lowest BCUT2D eigenvalue weighted by atomic mass is 10.0. The summed E-state index contributed by atoms with van der Waals surface area (Å²) in [5.74, 6) is -0.174. The fraction of sp³-hybridized carbons (Fsp3) is 0.667. The molecule has 0 amide bonds. The van der Waals surface area contributed by atoms with Gasteiger partial charge in [0, 0.05) is 0 Å². The van der Waals surface area contributed by atoms with Gasteiger partial charge in [0.1, 0.15) is 12.6 Å². The Balaban J connectivity index is 3.83. The minimum absolute atomic E-state index is 0.169. The predicted molar refractivity (Wildman–Crippen MR) is 48.6 cm³/mol. The van der Waals surface area contributed by atoms with Crippen LogP contribution in [0, 0.1) is 5.92 Å². The molecule has 0 aliphatic heterocycles. The molecule has 2 atom stereocenters. The molecular formula is C9H17NO2. The summed E-state index contributed by atoms with van der Waals surface area (Å²) >= 11 is 0. The summed E-state index contributed by atoms with van der Waals surface area (Å²) in [5.41, 5.74) is 5.60. The van der Waals surface area contributed by atoms with E-state index >= 15 is 0 Å². The van der Waals surface area contributed by atoms with E-state index in [9.17, 15) is 4.79 Å². The molecule has 0 aromatic rings. The van der Waals surface area contributed by atoms with Crippen LogP contribution in [0.3, 0.4) is 0 Å². The molecule has 3 heteroatoms. The molecule has 70 valence electrons. The molecular weight excluding hydrogens is 154 g/mol. The van der Waals surface area contributed by atoms with Crippen LogP contribution in [0.25, 0.3) is 0 Å². The van der Waals surface area contributed by atoms with Crippen LogP contribution < -0.4 is 5.73 Å². The van der Waals surface area contributed by atoms with Gasteiger partial charge in [0.2, 0.25) is 0 Å². The average molecular weight is 171 g/mol. The monoisotopic (exact) mass is 171 g/mol. The van der Waals surface area contributed by atoms with Crippen molar-refractivity contribution in [1.82, 2.24) is 0 Å². The fourth-order valence-corrected chi connectivity index (χ4v) is 0.724. The van der Waals surface area contributed by atoms with Crippen molar-refractivity contribution in [1.29, 1.82) is 0 Å². The van der Waals surface area contributed by atoms with Gasteiger partial charge in [-0.15, -0.1) is 0 Å². The van der Waals surface area contributed by atoms with Crippen molar-refractivity contribution in [3.05, 3.63) is 12.7 Å². The van der Waals surface area contributed by atoms with Gasteiger partial charge in [0.05, 0.1) is 0 Å². The van der Waals surface area contributed by atoms with Crippen molar-refractivity contribution in [3.8, 4) is 0 Å². The lowest BCUT2D eigenvalue weighted by molar-refractivity contribution is -0.145. The number of esters is 1. The topological polar surface area (TPSA) is 52.3 Å². The van der Waals surface area contributed by atoms with Crippen molar-refractivity contribution in [2.75, 3.05) is 6.61 Å². The van der Waals surface area contributed by atoms with Gasteiger partial charge in [-0.25, -0.2) is 0 Å². The van der Waals surface area contributed by atoms with E-state index < -0.39 is 6.04 Å². The molecule has 0 spiro atoms. The largest absolute Gasteiger partial charge is 0.460 e. The van der Waals surface area contributed by atoms with Crippen molar-refractivity contribution >= 4 is 5.97 Å². The summed E-state index contributed by atoms with van der Waals surface area (Å²) in [6, 6.07) is -0.505. The van der Waals surface area contributed by atoms with Gasteiger partial charge in [0.15, 0.2) is 0 Å². The third-order valence-corrected chi connectivity index (χ3v) is 1.87. The quantitative estimate of drug-likeness (QED) is 0.497. The van der Waals surface area contributed by atoms with Crippen molar-refractivity contribution in [3.63, 3.8) is 0 Å². The number of carbonyl (C=O) groups is 1. The highest BCUT2D eigenvalue weighted by atomic mass is 16.5. The van der Waals surface area contributed by atoms with E-state index in [4.69, 9.17) is 10.5 Å². The molecule has 0 aliphatic rings. The summed E-state index contributed by atoms with van der Waals surface area (Å²) in [7, 11) is 0. The Hall–Kier alpha value is -0.830. The molecule has 2 N–H and O–H groups in total. The van der Waals surface area contributed by atoms with Gasteiger partial charge >= 0.3 is 5.97 Å². The Bertz CT molecular complexity index is 157. The Morgan fingerprint density at radius 1 is 1.75 bits per heavy atom. The molecule has 0 aromatic carbocycles. The summed E-state index contributed by atoms with van der Waals surface area (Å²) in [5, 5.41) is 0. The summed E-state index contributed by atoms with van der Waals surface area (Å²) in [6.45, 7) is 7.60. The van der Waals surface area contributed by atoms with Gasteiger partial charge in [-0.05, 0) is 5.92 Å². The maximum atomic E-state index is 11.1. The van der Waals surface area contributed by atoms with Crippen molar-refractivity contribution in [2.45, 2.75) is 26.3 Å². The second-order valence-corrected chi connectivity index (χ2v) is 2.83. The molecule has 12 heavy (non-hydrogen) atoms. The second-order valence-electron chi connectivity index (χ2n) is 2.83. The second kappa shape index (κ2) is 5.77. The first-order valence-electron chi connectivity index (χ1n) is 4.16. The maximum Gasteiger partial charge on any atom is 0.323 e. The zero-order valence-corrected chi connectivity index (χ0v) is 7.75. The molecule has 0 saturated carbocycles. The Morgan fingerprint density at radius 2 is 2.33 bits per heavy atom. The third-order valence-electron chi connectivity index (χ3n) is 1.87. The van der Waals surface area contributed by atoms with Crippen LogP contribution in [0.1, 0.15) is 20.3 Å². The van der Waals surface area contributed by atoms with Crippen LogP contribution in [0.5, 0.6) is 0 Å². The number of rotatable bonds is 5. The highest BCUT2D eigenvalue weighted by Gasteiger charge is 2.19. The van der Waals surface area contributed by atoms with Gasteiger partial charge in [-0.2, -0.15) is 0 Å². The number of carbonyl (C=O) groups excluding carboxylic acids is 1. The van der Waals surface area contributed by atoms with Crippen LogP contribution >= 0.6 is 0 Å². The molecule has 0 radical (unpaired) electrons. The van der Waals surface area contributed by atoms with Gasteiger partial charge in [0.25, 0.3) is 0 Å². The minimum atomic E-state index is -0.505. The van der Waals surface area contributed by atoms with E-state index in [1.165, 1.54) is 6.08 Å². The summed E-state index contributed by atoms with van der Waals surface area (Å²) < 4.78 is 4.79. The van der Waals surface area contributed by atoms with Crippen molar-refractivity contribution < 1.29 is 9.53 Å². The van der Waals surface area contributed by atoms with Gasteiger partial charge in [-0.1, -0.05) is 32.9 Å². The van der Waals surface area contributed by atoms with E-state index in [-0.39, 0.29) is 18.5 Å². The zero-order chi connectivity index (χ0) is 9.56. The van der Waals surface area contributed by atoms with Crippen LogP contribution in [-0.2, 0) is 9.53 Å². The fourth-order valence-electron chi connectivity index (χ4n) is 0.724. The van der Waals surface area contributed by atoms with Crippen LogP contribution in [0.4, 0.5) is 0 Å². The van der Waals surface area contributed by atoms with Crippen LogP contribution in [0.2, 0.25) is 0 Å². The first-order valence-corrected chi connectivity index (χ1v) is 4.16. The van der Waals surface area contributed by atoms with E-state index in [1.807, 2.05) is 13.8 Å². The van der Waals surface area contributed by atoms with Gasteiger partial charge < -0.3 is 10.5 Å². The standard InChI is InChI=1S/C9H17NO2/c1-4-6-12-9(11)8(10)7(3)5-2/h4,7-8H,1,5-6,10H2,2-3H3/t7-,8+/m0/s1. The molecule has 0 unspecified atom stereocenters. The number of hydrogen-bond acceptors (Lipinski definition) is 3. The molecule has 3 nitrogen and oxygen atoms in total. The van der Waals surface area contributed by atoms with Crippen molar-refractivity contribution in [2.24, 2.45) is 11.7 Å². The number of ether oxygens (including phenoxy) is 1. The van der Waals surface area contributed by atoms with Gasteiger partial charge in [-0.3, -0.25) is 4.79 Å². The molecule has 0 bridgehead atoms. The zero-order valence-electron chi connectivity index (χ0n) is 7.75. The average Bonchev–Trinajstić information content (AvgIpc) is 2.11. The predicted octanol–water partition coefficient (Wildman–Crippen LogP) is 1.09. The highest BCUT2D eigenvalue weighted by molar-refractivity contribution is 5.75. The Morgan fingerprint density at radius 3 is 2.75 bits per heavy atom. The minimum Gasteiger partial charge on any atom is -0.460 e. The third kappa shape index (κ3) is 3.53. The van der Waals surface area contributed by atoms with Crippen LogP contribution in [0.15, 0.2) is 12.7 Å². The molecule has 0 rings (SSSR count). The molecule has 0 aliphatic carbocycles. The highest BCUT2D eigenvalue weighted by Crippen LogP contribution is 2.06. The van der Waals surface area contributed by atoms with Crippen LogP contribution in [-0.4, -0.2) is 18.6 Å².